The first-order chi connectivity index (χ1) is 15.8. The van der Waals surface area contributed by atoms with Crippen LogP contribution in [0.5, 0.6) is 0 Å². The number of morpholine rings is 1. The van der Waals surface area contributed by atoms with E-state index in [1.54, 1.807) is 6.20 Å². The number of nitrogens with zero attached hydrogens (tertiary/aromatic N) is 3. The average Bonchev–Trinajstić information content (AvgIpc) is 3.33. The van der Waals surface area contributed by atoms with Gasteiger partial charge in [-0.3, -0.25) is 14.6 Å². The highest BCUT2D eigenvalue weighted by atomic mass is 16.5. The molecule has 1 aromatic heterocycles. The SMILES string of the molecule is CC(C)(C)CC(=O)N1CCOC(Cc2cccc(-c3cccnc3)c2)(C(=O)N2CCCC2)C1. The highest BCUT2D eigenvalue weighted by Crippen LogP contribution is 2.31. The van der Waals surface area contributed by atoms with Crippen LogP contribution in [0.4, 0.5) is 0 Å². The Balaban J connectivity index is 1.63. The number of carbonyl (C=O) groups excluding carboxylic acids is 2. The molecule has 6 nitrogen and oxygen atoms in total. The fraction of sp³-hybridized carbons (Fsp3) is 0.519. The Morgan fingerprint density at radius 2 is 1.79 bits per heavy atom. The third kappa shape index (κ3) is 5.61. The van der Waals surface area contributed by atoms with Crippen LogP contribution >= 0.6 is 0 Å². The summed E-state index contributed by atoms with van der Waals surface area (Å²) in [5.74, 6) is 0.105. The zero-order valence-corrected chi connectivity index (χ0v) is 20.0. The maximum Gasteiger partial charge on any atom is 0.257 e. The second kappa shape index (κ2) is 9.64. The van der Waals surface area contributed by atoms with Gasteiger partial charge < -0.3 is 14.5 Å². The van der Waals surface area contributed by atoms with E-state index in [2.05, 4.69) is 37.9 Å². The van der Waals surface area contributed by atoms with Crippen molar-refractivity contribution >= 4 is 11.8 Å². The van der Waals surface area contributed by atoms with Crippen LogP contribution in [0.1, 0.15) is 45.6 Å². The number of likely N-dealkylation sites (tertiary alicyclic amines) is 1. The highest BCUT2D eigenvalue weighted by molar-refractivity contribution is 5.88. The van der Waals surface area contributed by atoms with Crippen molar-refractivity contribution in [1.82, 2.24) is 14.8 Å². The zero-order valence-electron chi connectivity index (χ0n) is 20.0. The fourth-order valence-electron chi connectivity index (χ4n) is 4.81. The molecule has 0 saturated carbocycles. The Hall–Kier alpha value is -2.73. The van der Waals surface area contributed by atoms with Gasteiger partial charge in [0.05, 0.1) is 13.2 Å². The molecule has 2 saturated heterocycles. The predicted molar refractivity (Wildman–Crippen MR) is 129 cm³/mol. The largest absolute Gasteiger partial charge is 0.361 e. The molecule has 1 unspecified atom stereocenters. The van der Waals surface area contributed by atoms with Crippen molar-refractivity contribution in [2.24, 2.45) is 5.41 Å². The van der Waals surface area contributed by atoms with E-state index in [1.807, 2.05) is 40.3 Å². The molecule has 2 fully saturated rings. The molecule has 3 heterocycles. The number of rotatable bonds is 5. The quantitative estimate of drug-likeness (QED) is 0.694. The standard InChI is InChI=1S/C27H35N3O3/c1-26(2,3)18-24(31)30-14-15-33-27(20-30,25(32)29-12-4-5-13-29)17-21-8-6-9-22(16-21)23-10-7-11-28-19-23/h6-11,16,19H,4-5,12-15,17-18,20H2,1-3H3. The van der Waals surface area contributed by atoms with Gasteiger partial charge in [-0.25, -0.2) is 0 Å². The molecule has 0 bridgehead atoms. The van der Waals surface area contributed by atoms with E-state index < -0.39 is 5.60 Å². The maximum absolute atomic E-state index is 13.8. The van der Waals surface area contributed by atoms with Gasteiger partial charge in [0.2, 0.25) is 5.91 Å². The van der Waals surface area contributed by atoms with Crippen LogP contribution in [0, 0.1) is 5.41 Å². The van der Waals surface area contributed by atoms with Crippen molar-refractivity contribution < 1.29 is 14.3 Å². The molecule has 176 valence electrons. The number of amides is 2. The fourth-order valence-corrected chi connectivity index (χ4v) is 4.81. The van der Waals surface area contributed by atoms with Crippen LogP contribution in [-0.4, -0.2) is 65.0 Å². The lowest BCUT2D eigenvalue weighted by Gasteiger charge is -2.44. The molecule has 0 spiro atoms. The van der Waals surface area contributed by atoms with Gasteiger partial charge in [0.15, 0.2) is 5.60 Å². The molecule has 1 aromatic carbocycles. The van der Waals surface area contributed by atoms with E-state index in [0.29, 0.717) is 32.5 Å². The number of hydrogen-bond acceptors (Lipinski definition) is 4. The minimum atomic E-state index is -1.05. The number of hydrogen-bond donors (Lipinski definition) is 0. The Morgan fingerprint density at radius 3 is 2.48 bits per heavy atom. The van der Waals surface area contributed by atoms with Gasteiger partial charge in [0.1, 0.15) is 0 Å². The summed E-state index contributed by atoms with van der Waals surface area (Å²) in [7, 11) is 0. The van der Waals surface area contributed by atoms with E-state index in [9.17, 15) is 9.59 Å². The summed E-state index contributed by atoms with van der Waals surface area (Å²) < 4.78 is 6.30. The van der Waals surface area contributed by atoms with Gasteiger partial charge in [0.25, 0.3) is 5.91 Å². The topological polar surface area (TPSA) is 62.7 Å². The van der Waals surface area contributed by atoms with Gasteiger partial charge >= 0.3 is 0 Å². The lowest BCUT2D eigenvalue weighted by molar-refractivity contribution is -0.174. The van der Waals surface area contributed by atoms with Gasteiger partial charge in [-0.15, -0.1) is 0 Å². The first-order valence-corrected chi connectivity index (χ1v) is 12.0. The van der Waals surface area contributed by atoms with Crippen molar-refractivity contribution in [3.63, 3.8) is 0 Å². The second-order valence-corrected chi connectivity index (χ2v) is 10.5. The molecule has 6 heteroatoms. The molecule has 2 aliphatic rings. The lowest BCUT2D eigenvalue weighted by atomic mass is 9.88. The van der Waals surface area contributed by atoms with Crippen LogP contribution in [-0.2, 0) is 20.7 Å². The van der Waals surface area contributed by atoms with Gasteiger partial charge in [-0.2, -0.15) is 0 Å². The zero-order chi connectivity index (χ0) is 23.5. The molecule has 0 radical (unpaired) electrons. The van der Waals surface area contributed by atoms with Gasteiger partial charge in [-0.05, 0) is 41.0 Å². The third-order valence-electron chi connectivity index (χ3n) is 6.41. The summed E-state index contributed by atoms with van der Waals surface area (Å²) in [5.41, 5.74) is 1.96. The number of benzene rings is 1. The van der Waals surface area contributed by atoms with Crippen molar-refractivity contribution in [1.29, 1.82) is 0 Å². The Bertz CT molecular complexity index is 980. The molecule has 4 rings (SSSR count). The van der Waals surface area contributed by atoms with E-state index in [-0.39, 0.29) is 17.2 Å². The second-order valence-electron chi connectivity index (χ2n) is 10.5. The van der Waals surface area contributed by atoms with Crippen LogP contribution in [0.2, 0.25) is 0 Å². The highest BCUT2D eigenvalue weighted by Gasteiger charge is 2.47. The predicted octanol–water partition coefficient (Wildman–Crippen LogP) is 3.95. The van der Waals surface area contributed by atoms with E-state index in [4.69, 9.17) is 4.74 Å². The van der Waals surface area contributed by atoms with E-state index in [0.717, 1.165) is 42.6 Å². The summed E-state index contributed by atoms with van der Waals surface area (Å²) in [6, 6.07) is 12.2. The Labute approximate surface area is 196 Å². The summed E-state index contributed by atoms with van der Waals surface area (Å²) in [6.07, 6.45) is 6.54. The summed E-state index contributed by atoms with van der Waals surface area (Å²) in [4.78, 5) is 34.9. The van der Waals surface area contributed by atoms with Crippen LogP contribution < -0.4 is 0 Å². The smallest absolute Gasteiger partial charge is 0.257 e. The molecule has 0 N–H and O–H groups in total. The number of pyridine rings is 1. The normalized spacial score (nSPS) is 21.3. The third-order valence-corrected chi connectivity index (χ3v) is 6.41. The number of carbonyl (C=O) groups is 2. The van der Waals surface area contributed by atoms with Gasteiger partial charge in [-0.1, -0.05) is 51.1 Å². The number of aromatic nitrogens is 1. The van der Waals surface area contributed by atoms with E-state index >= 15 is 0 Å². The molecule has 2 amide bonds. The van der Waals surface area contributed by atoms with Crippen LogP contribution in [0.15, 0.2) is 48.8 Å². The maximum atomic E-state index is 13.8. The van der Waals surface area contributed by atoms with Crippen molar-refractivity contribution in [3.8, 4) is 11.1 Å². The molecule has 2 aliphatic heterocycles. The molecule has 2 aromatic rings. The van der Waals surface area contributed by atoms with Crippen molar-refractivity contribution in [3.05, 3.63) is 54.4 Å². The monoisotopic (exact) mass is 449 g/mol. The molecular weight excluding hydrogens is 414 g/mol. The average molecular weight is 450 g/mol. The lowest BCUT2D eigenvalue weighted by Crippen LogP contribution is -2.62. The Morgan fingerprint density at radius 1 is 1.03 bits per heavy atom. The van der Waals surface area contributed by atoms with Crippen molar-refractivity contribution in [2.45, 2.75) is 52.1 Å². The first kappa shape index (κ1) is 23.4. The minimum absolute atomic E-state index is 0.0139. The Kier molecular flexibility index (Phi) is 6.84. The molecule has 0 aliphatic carbocycles. The van der Waals surface area contributed by atoms with Crippen LogP contribution in [0.25, 0.3) is 11.1 Å². The van der Waals surface area contributed by atoms with Gasteiger partial charge in [0, 0.05) is 44.9 Å². The molecule has 33 heavy (non-hydrogen) atoms. The molecular formula is C27H35N3O3. The summed E-state index contributed by atoms with van der Waals surface area (Å²) in [5, 5.41) is 0. The molecule has 1 atom stereocenters. The summed E-state index contributed by atoms with van der Waals surface area (Å²) >= 11 is 0. The van der Waals surface area contributed by atoms with Crippen LogP contribution in [0.3, 0.4) is 0 Å². The van der Waals surface area contributed by atoms with E-state index in [1.165, 1.54) is 0 Å². The van der Waals surface area contributed by atoms with Crippen molar-refractivity contribution in [2.75, 3.05) is 32.8 Å². The summed E-state index contributed by atoms with van der Waals surface area (Å²) in [6.45, 7) is 8.92. The first-order valence-electron chi connectivity index (χ1n) is 12.0. The minimum Gasteiger partial charge on any atom is -0.361 e. The number of ether oxygens (including phenoxy) is 1.